The molecule has 0 unspecified atom stereocenters. The van der Waals surface area contributed by atoms with Crippen LogP contribution in [0.2, 0.25) is 0 Å². The number of hydrogen-bond donors (Lipinski definition) is 3. The maximum absolute atomic E-state index is 12.8. The number of carbonyl (C=O) groups is 1. The predicted molar refractivity (Wildman–Crippen MR) is 88.9 cm³/mol. The fourth-order valence-electron chi connectivity index (χ4n) is 2.92. The quantitative estimate of drug-likeness (QED) is 0.793. The van der Waals surface area contributed by atoms with Crippen LogP contribution in [0.25, 0.3) is 0 Å². The van der Waals surface area contributed by atoms with Gasteiger partial charge in [-0.3, -0.25) is 0 Å². The maximum atomic E-state index is 12.8. The molecular weight excluding hydrogens is 330 g/mol. The summed E-state index contributed by atoms with van der Waals surface area (Å²) in [6, 6.07) is 12.0. The standard InChI is InChI=1S/C18H18F2N2O3/c19-16(20)12-4-3-5-13(10-12)21-17(24)22-18(11-23)8-9-25-15-7-2-1-6-14(15)18/h1-7,10,16,23H,8-9,11H2,(H2,21,22,24)/t18-/m0/s1. The van der Waals surface area contributed by atoms with Crippen molar-refractivity contribution in [2.45, 2.75) is 18.4 Å². The zero-order valence-corrected chi connectivity index (χ0v) is 13.3. The maximum Gasteiger partial charge on any atom is 0.320 e. The Morgan fingerprint density at radius 1 is 1.24 bits per heavy atom. The molecule has 7 heteroatoms. The molecule has 0 aromatic heterocycles. The number of ether oxygens (including phenoxy) is 1. The summed E-state index contributed by atoms with van der Waals surface area (Å²) in [5.74, 6) is 0.600. The molecule has 5 nitrogen and oxygen atoms in total. The van der Waals surface area contributed by atoms with Gasteiger partial charge in [-0.15, -0.1) is 0 Å². The first kappa shape index (κ1) is 17.2. The number of aliphatic hydroxyl groups is 1. The fourth-order valence-corrected chi connectivity index (χ4v) is 2.92. The molecule has 132 valence electrons. The van der Waals surface area contributed by atoms with Crippen LogP contribution in [0.4, 0.5) is 19.3 Å². The minimum absolute atomic E-state index is 0.175. The van der Waals surface area contributed by atoms with E-state index in [1.807, 2.05) is 6.07 Å². The first-order valence-electron chi connectivity index (χ1n) is 7.84. The normalized spacial score (nSPS) is 19.0. The van der Waals surface area contributed by atoms with Gasteiger partial charge in [0.1, 0.15) is 5.75 Å². The number of anilines is 1. The lowest BCUT2D eigenvalue weighted by molar-refractivity contribution is 0.115. The number of urea groups is 1. The van der Waals surface area contributed by atoms with Gasteiger partial charge in [0.05, 0.1) is 18.8 Å². The minimum atomic E-state index is -2.61. The number of fused-ring (bicyclic) bond motifs is 1. The Labute approximate surface area is 143 Å². The number of carbonyl (C=O) groups excluding carboxylic acids is 1. The smallest absolute Gasteiger partial charge is 0.320 e. The molecule has 0 fully saturated rings. The summed E-state index contributed by atoms with van der Waals surface area (Å²) in [6.45, 7) is 0.0383. The summed E-state index contributed by atoms with van der Waals surface area (Å²) in [5.41, 5.74) is -0.228. The van der Waals surface area contributed by atoms with Crippen molar-refractivity contribution in [2.24, 2.45) is 0 Å². The van der Waals surface area contributed by atoms with E-state index in [0.717, 1.165) is 0 Å². The number of nitrogens with one attached hydrogen (secondary N) is 2. The van der Waals surface area contributed by atoms with Crippen LogP contribution in [0.3, 0.4) is 0 Å². The molecule has 0 spiro atoms. The molecule has 3 N–H and O–H groups in total. The van der Waals surface area contributed by atoms with Crippen molar-refractivity contribution in [2.75, 3.05) is 18.5 Å². The molecule has 0 saturated heterocycles. The van der Waals surface area contributed by atoms with E-state index in [9.17, 15) is 18.7 Å². The Morgan fingerprint density at radius 3 is 2.80 bits per heavy atom. The highest BCUT2D eigenvalue weighted by molar-refractivity contribution is 5.90. The van der Waals surface area contributed by atoms with E-state index in [1.54, 1.807) is 18.2 Å². The van der Waals surface area contributed by atoms with Crippen molar-refractivity contribution in [1.29, 1.82) is 0 Å². The highest BCUT2D eigenvalue weighted by atomic mass is 19.3. The summed E-state index contributed by atoms with van der Waals surface area (Å²) < 4.78 is 31.1. The number of aliphatic hydroxyl groups excluding tert-OH is 1. The zero-order valence-electron chi connectivity index (χ0n) is 13.3. The number of alkyl halides is 2. The summed E-state index contributed by atoms with van der Waals surface area (Å²) >= 11 is 0. The Bertz CT molecular complexity index is 769. The van der Waals surface area contributed by atoms with Crippen LogP contribution < -0.4 is 15.4 Å². The van der Waals surface area contributed by atoms with Crippen LogP contribution in [-0.2, 0) is 5.54 Å². The van der Waals surface area contributed by atoms with Crippen LogP contribution in [0.5, 0.6) is 5.75 Å². The third-order valence-electron chi connectivity index (χ3n) is 4.21. The molecule has 1 aliphatic heterocycles. The van der Waals surface area contributed by atoms with Gasteiger partial charge in [0.25, 0.3) is 6.43 Å². The second-order valence-corrected chi connectivity index (χ2v) is 5.84. The third-order valence-corrected chi connectivity index (χ3v) is 4.21. The molecule has 2 aromatic rings. The molecule has 2 aromatic carbocycles. The molecule has 0 radical (unpaired) electrons. The lowest BCUT2D eigenvalue weighted by atomic mass is 9.85. The molecular formula is C18H18F2N2O3. The lowest BCUT2D eigenvalue weighted by Crippen LogP contribution is -2.52. The SMILES string of the molecule is O=C(Nc1cccc(C(F)F)c1)N[C@]1(CO)CCOc2ccccc21. The Hall–Kier alpha value is -2.67. The van der Waals surface area contributed by atoms with Crippen LogP contribution in [-0.4, -0.2) is 24.4 Å². The monoisotopic (exact) mass is 348 g/mol. The molecule has 25 heavy (non-hydrogen) atoms. The summed E-state index contributed by atoms with van der Waals surface area (Å²) in [4.78, 5) is 12.4. The van der Waals surface area contributed by atoms with E-state index >= 15 is 0 Å². The second-order valence-electron chi connectivity index (χ2n) is 5.84. The number of hydrogen-bond acceptors (Lipinski definition) is 3. The Balaban J connectivity index is 1.79. The van der Waals surface area contributed by atoms with Crippen molar-refractivity contribution in [1.82, 2.24) is 5.32 Å². The minimum Gasteiger partial charge on any atom is -0.493 e. The molecule has 0 bridgehead atoms. The van der Waals surface area contributed by atoms with Crippen LogP contribution >= 0.6 is 0 Å². The van der Waals surface area contributed by atoms with E-state index in [4.69, 9.17) is 4.74 Å². The highest BCUT2D eigenvalue weighted by Gasteiger charge is 2.38. The zero-order chi connectivity index (χ0) is 17.9. The van der Waals surface area contributed by atoms with E-state index in [1.165, 1.54) is 24.3 Å². The van der Waals surface area contributed by atoms with Gasteiger partial charge >= 0.3 is 6.03 Å². The fraction of sp³-hybridized carbons (Fsp3) is 0.278. The van der Waals surface area contributed by atoms with Gasteiger partial charge in [-0.05, 0) is 18.2 Å². The van der Waals surface area contributed by atoms with Gasteiger partial charge < -0.3 is 20.5 Å². The molecule has 0 aliphatic carbocycles. The van der Waals surface area contributed by atoms with Crippen LogP contribution in [0.15, 0.2) is 48.5 Å². The van der Waals surface area contributed by atoms with Gasteiger partial charge in [-0.25, -0.2) is 13.6 Å². The van der Waals surface area contributed by atoms with Gasteiger partial charge in [-0.2, -0.15) is 0 Å². The van der Waals surface area contributed by atoms with Crippen LogP contribution in [0.1, 0.15) is 24.0 Å². The van der Waals surface area contributed by atoms with Crippen molar-refractivity contribution >= 4 is 11.7 Å². The third kappa shape index (κ3) is 3.56. The van der Waals surface area contributed by atoms with E-state index in [0.29, 0.717) is 24.3 Å². The Morgan fingerprint density at radius 2 is 2.04 bits per heavy atom. The predicted octanol–water partition coefficient (Wildman–Crippen LogP) is 3.42. The van der Waals surface area contributed by atoms with Gasteiger partial charge in [0.2, 0.25) is 0 Å². The molecule has 1 heterocycles. The number of benzene rings is 2. The van der Waals surface area contributed by atoms with Crippen molar-refractivity contribution in [3.8, 4) is 5.75 Å². The van der Waals surface area contributed by atoms with Crippen molar-refractivity contribution < 1.29 is 23.4 Å². The summed E-state index contributed by atoms with van der Waals surface area (Å²) in [6.07, 6.45) is -2.22. The number of rotatable bonds is 4. The summed E-state index contributed by atoms with van der Waals surface area (Å²) in [5, 5.41) is 15.2. The molecule has 1 atom stereocenters. The number of amides is 2. The first-order chi connectivity index (χ1) is 12.0. The van der Waals surface area contributed by atoms with Crippen molar-refractivity contribution in [3.63, 3.8) is 0 Å². The molecule has 2 amide bonds. The molecule has 1 aliphatic rings. The van der Waals surface area contributed by atoms with Gasteiger partial charge in [-0.1, -0.05) is 30.3 Å². The Kier molecular flexibility index (Phi) is 4.85. The van der Waals surface area contributed by atoms with Gasteiger partial charge in [0.15, 0.2) is 0 Å². The second kappa shape index (κ2) is 7.06. The lowest BCUT2D eigenvalue weighted by Gasteiger charge is -2.38. The first-order valence-corrected chi connectivity index (χ1v) is 7.84. The average Bonchev–Trinajstić information content (AvgIpc) is 2.62. The average molecular weight is 348 g/mol. The van der Waals surface area contributed by atoms with Crippen molar-refractivity contribution in [3.05, 3.63) is 59.7 Å². The number of halogens is 2. The van der Waals surface area contributed by atoms with Crippen LogP contribution in [0, 0.1) is 0 Å². The topological polar surface area (TPSA) is 70.6 Å². The van der Waals surface area contributed by atoms with E-state index in [2.05, 4.69) is 10.6 Å². The highest BCUT2D eigenvalue weighted by Crippen LogP contribution is 2.36. The molecule has 3 rings (SSSR count). The number of para-hydroxylation sites is 1. The van der Waals surface area contributed by atoms with Gasteiger partial charge in [0, 0.05) is 23.2 Å². The largest absolute Gasteiger partial charge is 0.493 e. The summed E-state index contributed by atoms with van der Waals surface area (Å²) in [7, 11) is 0. The molecule has 0 saturated carbocycles. The van der Waals surface area contributed by atoms with E-state index in [-0.39, 0.29) is 17.9 Å². The van der Waals surface area contributed by atoms with E-state index < -0.39 is 18.0 Å².